The van der Waals surface area contributed by atoms with Gasteiger partial charge in [-0.05, 0) is 53.7 Å². The molecule has 0 saturated heterocycles. The molecule has 0 fully saturated rings. The number of thiophene rings is 1. The maximum atomic E-state index is 12.7. The van der Waals surface area contributed by atoms with Crippen molar-refractivity contribution in [3.8, 4) is 0 Å². The van der Waals surface area contributed by atoms with Gasteiger partial charge in [0.15, 0.2) is 0 Å². The van der Waals surface area contributed by atoms with Gasteiger partial charge in [-0.3, -0.25) is 9.69 Å². The number of nitrogens with one attached hydrogen (secondary N) is 1. The fourth-order valence-electron chi connectivity index (χ4n) is 2.94. The molecule has 0 saturated carbocycles. The van der Waals surface area contributed by atoms with Crippen molar-refractivity contribution in [1.29, 1.82) is 0 Å². The van der Waals surface area contributed by atoms with Gasteiger partial charge in [0.25, 0.3) is 5.56 Å². The van der Waals surface area contributed by atoms with Gasteiger partial charge in [0.05, 0.1) is 36.3 Å². The maximum absolute atomic E-state index is 12.7. The van der Waals surface area contributed by atoms with Crippen LogP contribution in [-0.4, -0.2) is 63.4 Å². The van der Waals surface area contributed by atoms with Crippen LogP contribution in [0.15, 0.2) is 4.79 Å². The highest BCUT2D eigenvalue weighted by molar-refractivity contribution is 7.20. The maximum Gasteiger partial charge on any atom is 0.348 e. The Balaban J connectivity index is 2.19. The predicted molar refractivity (Wildman–Crippen MR) is 118 cm³/mol. The SMILES string of the molecule is CCN(Cc1nc2sc(C(=O)OC(C)C)c(C)c2c(=O)[nH]1)C[C@@H](O)COC(C)(C)C. The van der Waals surface area contributed by atoms with Crippen molar-refractivity contribution in [2.24, 2.45) is 0 Å². The third-order valence-corrected chi connectivity index (χ3v) is 5.54. The highest BCUT2D eigenvalue weighted by atomic mass is 32.1. The molecule has 1 atom stereocenters. The summed E-state index contributed by atoms with van der Waals surface area (Å²) < 4.78 is 10.9. The number of H-pyrrole nitrogens is 1. The molecule has 2 aromatic heterocycles. The number of aromatic amines is 1. The zero-order chi connectivity index (χ0) is 22.6. The molecule has 0 aliphatic rings. The summed E-state index contributed by atoms with van der Waals surface area (Å²) in [5.74, 6) is 0.0481. The Bertz CT molecular complexity index is 929. The van der Waals surface area contributed by atoms with Gasteiger partial charge in [-0.2, -0.15) is 0 Å². The average Bonchev–Trinajstić information content (AvgIpc) is 2.95. The van der Waals surface area contributed by atoms with Gasteiger partial charge in [0, 0.05) is 6.54 Å². The van der Waals surface area contributed by atoms with Crippen LogP contribution < -0.4 is 5.56 Å². The lowest BCUT2D eigenvalue weighted by molar-refractivity contribution is -0.0564. The van der Waals surface area contributed by atoms with Crippen molar-refractivity contribution >= 4 is 27.5 Å². The molecule has 2 rings (SSSR count). The summed E-state index contributed by atoms with van der Waals surface area (Å²) in [6.07, 6.45) is -0.892. The van der Waals surface area contributed by atoms with E-state index in [9.17, 15) is 14.7 Å². The number of carbonyl (C=O) groups is 1. The van der Waals surface area contributed by atoms with Crippen molar-refractivity contribution in [1.82, 2.24) is 14.9 Å². The van der Waals surface area contributed by atoms with Gasteiger partial charge in [-0.15, -0.1) is 11.3 Å². The molecule has 2 heterocycles. The first kappa shape index (κ1) is 24.5. The number of carbonyl (C=O) groups excluding carboxylic acids is 1. The Kier molecular flexibility index (Phi) is 8.15. The Morgan fingerprint density at radius 2 is 2.00 bits per heavy atom. The zero-order valence-corrected chi connectivity index (χ0v) is 19.7. The van der Waals surface area contributed by atoms with Gasteiger partial charge in [-0.25, -0.2) is 9.78 Å². The van der Waals surface area contributed by atoms with E-state index in [1.54, 1.807) is 20.8 Å². The third kappa shape index (κ3) is 6.60. The molecule has 0 radical (unpaired) electrons. The summed E-state index contributed by atoms with van der Waals surface area (Å²) in [6.45, 7) is 14.8. The van der Waals surface area contributed by atoms with E-state index in [1.807, 2.05) is 32.6 Å². The molecule has 2 aromatic rings. The Labute approximate surface area is 181 Å². The van der Waals surface area contributed by atoms with Crippen molar-refractivity contribution in [3.63, 3.8) is 0 Å². The lowest BCUT2D eigenvalue weighted by Gasteiger charge is -2.26. The first-order valence-electron chi connectivity index (χ1n) is 10.2. The molecule has 168 valence electrons. The molecule has 0 aromatic carbocycles. The molecule has 30 heavy (non-hydrogen) atoms. The first-order chi connectivity index (χ1) is 13.9. The van der Waals surface area contributed by atoms with Gasteiger partial charge in [0.2, 0.25) is 0 Å². The van der Waals surface area contributed by atoms with E-state index in [-0.39, 0.29) is 23.9 Å². The molecule has 0 bridgehead atoms. The van der Waals surface area contributed by atoms with Gasteiger partial charge in [0.1, 0.15) is 15.5 Å². The van der Waals surface area contributed by atoms with Crippen LogP contribution in [0.1, 0.15) is 62.6 Å². The molecule has 0 unspecified atom stereocenters. The molecule has 0 spiro atoms. The highest BCUT2D eigenvalue weighted by Gasteiger charge is 2.22. The molecule has 8 nitrogen and oxygen atoms in total. The van der Waals surface area contributed by atoms with Crippen molar-refractivity contribution in [2.75, 3.05) is 19.7 Å². The first-order valence-corrected chi connectivity index (χ1v) is 11.0. The van der Waals surface area contributed by atoms with Crippen LogP contribution >= 0.6 is 11.3 Å². The number of nitrogens with zero attached hydrogens (tertiary/aromatic N) is 2. The van der Waals surface area contributed by atoms with Crippen LogP contribution in [0.4, 0.5) is 0 Å². The smallest absolute Gasteiger partial charge is 0.348 e. The number of hydrogen-bond acceptors (Lipinski definition) is 8. The number of aliphatic hydroxyl groups is 1. The number of esters is 1. The molecule has 0 amide bonds. The molecule has 2 N–H and O–H groups in total. The van der Waals surface area contributed by atoms with Crippen LogP contribution in [0, 0.1) is 6.92 Å². The standard InChI is InChI=1S/C21H33N3O5S/c1-8-24(9-14(25)11-28-21(5,6)7)10-15-22-18(26)16-13(4)17(30-19(16)23-15)20(27)29-12(2)3/h12,14,25H,8-11H2,1-7H3,(H,22,23,26)/t14-/m1/s1. The highest BCUT2D eigenvalue weighted by Crippen LogP contribution is 2.28. The lowest BCUT2D eigenvalue weighted by atomic mass is 10.2. The number of fused-ring (bicyclic) bond motifs is 1. The van der Waals surface area contributed by atoms with Crippen LogP contribution in [0.2, 0.25) is 0 Å². The van der Waals surface area contributed by atoms with Crippen LogP contribution in [0.5, 0.6) is 0 Å². The summed E-state index contributed by atoms with van der Waals surface area (Å²) >= 11 is 1.17. The van der Waals surface area contributed by atoms with E-state index in [1.165, 1.54) is 11.3 Å². The molecule has 0 aliphatic carbocycles. The van der Waals surface area contributed by atoms with Crippen molar-refractivity contribution < 1.29 is 19.4 Å². The summed E-state index contributed by atoms with van der Waals surface area (Å²) in [4.78, 5) is 35.2. The summed E-state index contributed by atoms with van der Waals surface area (Å²) in [7, 11) is 0. The molecular formula is C21H33N3O5S. The van der Waals surface area contributed by atoms with E-state index in [4.69, 9.17) is 9.47 Å². The summed E-state index contributed by atoms with van der Waals surface area (Å²) in [5.41, 5.74) is -0.00975. The van der Waals surface area contributed by atoms with Gasteiger partial charge in [-0.1, -0.05) is 6.92 Å². The second kappa shape index (κ2) is 10.00. The number of aromatic nitrogens is 2. The number of ether oxygens (including phenoxy) is 2. The zero-order valence-electron chi connectivity index (χ0n) is 18.9. The number of likely N-dealkylation sites (N-methyl/N-ethyl adjacent to an activating group) is 1. The van der Waals surface area contributed by atoms with Crippen LogP contribution in [0.3, 0.4) is 0 Å². The van der Waals surface area contributed by atoms with E-state index in [0.29, 0.717) is 46.1 Å². The number of hydrogen-bond donors (Lipinski definition) is 2. The number of rotatable bonds is 9. The molecule has 0 aliphatic heterocycles. The Morgan fingerprint density at radius 3 is 2.57 bits per heavy atom. The van der Waals surface area contributed by atoms with E-state index < -0.39 is 12.1 Å². The average molecular weight is 440 g/mol. The van der Waals surface area contributed by atoms with Crippen LogP contribution in [-0.2, 0) is 16.0 Å². The largest absolute Gasteiger partial charge is 0.459 e. The second-order valence-electron chi connectivity index (χ2n) is 8.61. The van der Waals surface area contributed by atoms with Crippen LogP contribution in [0.25, 0.3) is 10.2 Å². The Hall–Kier alpha value is -1.81. The molecular weight excluding hydrogens is 406 g/mol. The fourth-order valence-corrected chi connectivity index (χ4v) is 4.02. The number of aliphatic hydroxyl groups excluding tert-OH is 1. The van der Waals surface area contributed by atoms with Crippen molar-refractivity contribution in [3.05, 3.63) is 26.6 Å². The normalized spacial score (nSPS) is 13.4. The third-order valence-electron chi connectivity index (χ3n) is 4.38. The second-order valence-corrected chi connectivity index (χ2v) is 9.61. The topological polar surface area (TPSA) is 105 Å². The lowest BCUT2D eigenvalue weighted by Crippen LogP contribution is -2.37. The predicted octanol–water partition coefficient (Wildman–Crippen LogP) is 2.86. The van der Waals surface area contributed by atoms with E-state index in [0.717, 1.165) is 0 Å². The van der Waals surface area contributed by atoms with E-state index >= 15 is 0 Å². The van der Waals surface area contributed by atoms with E-state index in [2.05, 4.69) is 9.97 Å². The molecule has 9 heteroatoms. The minimum absolute atomic E-state index is 0.231. The monoisotopic (exact) mass is 439 g/mol. The minimum atomic E-state index is -0.652. The van der Waals surface area contributed by atoms with Gasteiger partial charge < -0.3 is 19.6 Å². The summed E-state index contributed by atoms with van der Waals surface area (Å²) in [5, 5.41) is 10.7. The minimum Gasteiger partial charge on any atom is -0.459 e. The quantitative estimate of drug-likeness (QED) is 0.579. The van der Waals surface area contributed by atoms with Gasteiger partial charge >= 0.3 is 5.97 Å². The fraction of sp³-hybridized carbons (Fsp3) is 0.667. The Morgan fingerprint density at radius 1 is 1.33 bits per heavy atom. The number of aryl methyl sites for hydroxylation is 1. The van der Waals surface area contributed by atoms with Crippen molar-refractivity contribution in [2.45, 2.75) is 72.8 Å². The summed E-state index contributed by atoms with van der Waals surface area (Å²) in [6, 6.07) is 0.